The van der Waals surface area contributed by atoms with Crippen molar-refractivity contribution in [2.75, 3.05) is 6.54 Å². The summed E-state index contributed by atoms with van der Waals surface area (Å²) in [6.45, 7) is 3.89. The highest BCUT2D eigenvalue weighted by atomic mass is 19.1. The van der Waals surface area contributed by atoms with E-state index in [1.807, 2.05) is 0 Å². The molecule has 0 aliphatic carbocycles. The molecular formula is C15H18FNO3. The second-order valence-electron chi connectivity index (χ2n) is 4.46. The van der Waals surface area contributed by atoms with Crippen LogP contribution in [0.4, 0.5) is 4.39 Å². The van der Waals surface area contributed by atoms with E-state index >= 15 is 0 Å². The van der Waals surface area contributed by atoms with Crippen LogP contribution in [0, 0.1) is 5.82 Å². The summed E-state index contributed by atoms with van der Waals surface area (Å²) in [5.41, 5.74) is 0.584. The molecule has 0 bridgehead atoms. The molecule has 20 heavy (non-hydrogen) atoms. The Morgan fingerprint density at radius 2 is 2.15 bits per heavy atom. The molecular weight excluding hydrogens is 261 g/mol. The number of carboxylic acid groups (broad SMARTS) is 1. The van der Waals surface area contributed by atoms with Crippen LogP contribution in [0.15, 0.2) is 30.3 Å². The maximum atomic E-state index is 13.0. The van der Waals surface area contributed by atoms with Gasteiger partial charge in [0.2, 0.25) is 5.91 Å². The van der Waals surface area contributed by atoms with Gasteiger partial charge < -0.3 is 10.0 Å². The van der Waals surface area contributed by atoms with E-state index < -0.39 is 5.97 Å². The lowest BCUT2D eigenvalue weighted by molar-refractivity contribution is -0.139. The standard InChI is InChI=1S/C15H18FNO3/c1-3-17(11(2)9-15(19)20)14(18)8-7-12-5-4-6-13(16)10-12/h4-8,10-11H,3,9H2,1-2H3,(H,19,20). The SMILES string of the molecule is CCN(C(=O)C=Cc1cccc(F)c1)C(C)CC(=O)O. The van der Waals surface area contributed by atoms with E-state index in [2.05, 4.69) is 0 Å². The third-order valence-corrected chi connectivity index (χ3v) is 2.89. The number of hydrogen-bond donors (Lipinski definition) is 1. The van der Waals surface area contributed by atoms with Crippen molar-refractivity contribution >= 4 is 18.0 Å². The molecule has 0 aromatic heterocycles. The van der Waals surface area contributed by atoms with Crippen LogP contribution in [-0.2, 0) is 9.59 Å². The Bertz CT molecular complexity index is 514. The van der Waals surface area contributed by atoms with Crippen molar-refractivity contribution in [1.29, 1.82) is 0 Å². The number of nitrogens with zero attached hydrogens (tertiary/aromatic N) is 1. The summed E-state index contributed by atoms with van der Waals surface area (Å²) in [4.78, 5) is 24.1. The van der Waals surface area contributed by atoms with Crippen molar-refractivity contribution in [3.05, 3.63) is 41.7 Å². The normalized spacial score (nSPS) is 12.3. The molecule has 1 amide bonds. The van der Waals surface area contributed by atoms with Gasteiger partial charge in [0.05, 0.1) is 6.42 Å². The van der Waals surface area contributed by atoms with E-state index in [0.717, 1.165) is 0 Å². The first kappa shape index (κ1) is 15.9. The summed E-state index contributed by atoms with van der Waals surface area (Å²) >= 11 is 0. The molecule has 0 heterocycles. The largest absolute Gasteiger partial charge is 0.481 e. The molecule has 0 spiro atoms. The molecule has 1 aromatic rings. The van der Waals surface area contributed by atoms with Crippen LogP contribution in [0.5, 0.6) is 0 Å². The van der Waals surface area contributed by atoms with E-state index in [1.165, 1.54) is 29.2 Å². The zero-order valence-corrected chi connectivity index (χ0v) is 11.5. The number of aliphatic carboxylic acids is 1. The molecule has 1 rings (SSSR count). The van der Waals surface area contributed by atoms with Gasteiger partial charge in [-0.05, 0) is 37.6 Å². The van der Waals surface area contributed by atoms with Gasteiger partial charge in [0.25, 0.3) is 0 Å². The average Bonchev–Trinajstić information content (AvgIpc) is 2.36. The highest BCUT2D eigenvalue weighted by Crippen LogP contribution is 2.08. The molecule has 0 aliphatic rings. The van der Waals surface area contributed by atoms with Gasteiger partial charge in [-0.2, -0.15) is 0 Å². The second kappa shape index (κ2) is 7.43. The zero-order chi connectivity index (χ0) is 15.1. The molecule has 0 aliphatic heterocycles. The minimum atomic E-state index is -0.946. The summed E-state index contributed by atoms with van der Waals surface area (Å²) in [6.07, 6.45) is 2.74. The lowest BCUT2D eigenvalue weighted by atomic mass is 10.1. The smallest absolute Gasteiger partial charge is 0.305 e. The number of amides is 1. The fourth-order valence-electron chi connectivity index (χ4n) is 1.92. The molecule has 1 unspecified atom stereocenters. The van der Waals surface area contributed by atoms with Crippen LogP contribution in [-0.4, -0.2) is 34.5 Å². The fraction of sp³-hybridized carbons (Fsp3) is 0.333. The summed E-state index contributed by atoms with van der Waals surface area (Å²) in [7, 11) is 0. The molecule has 1 N–H and O–H groups in total. The van der Waals surface area contributed by atoms with Gasteiger partial charge in [0, 0.05) is 18.7 Å². The third kappa shape index (κ3) is 4.84. The number of benzene rings is 1. The van der Waals surface area contributed by atoms with Crippen molar-refractivity contribution in [1.82, 2.24) is 4.90 Å². The Morgan fingerprint density at radius 3 is 2.70 bits per heavy atom. The quantitative estimate of drug-likeness (QED) is 0.814. The Hall–Kier alpha value is -2.17. The minimum absolute atomic E-state index is 0.104. The summed E-state index contributed by atoms with van der Waals surface area (Å²) in [6, 6.07) is 5.50. The van der Waals surface area contributed by atoms with E-state index in [-0.39, 0.29) is 24.2 Å². The maximum Gasteiger partial charge on any atom is 0.305 e. The molecule has 0 saturated carbocycles. The monoisotopic (exact) mass is 279 g/mol. The molecule has 0 radical (unpaired) electrons. The Kier molecular flexibility index (Phi) is 5.90. The Labute approximate surface area is 117 Å². The average molecular weight is 279 g/mol. The lowest BCUT2D eigenvalue weighted by Gasteiger charge is -2.25. The van der Waals surface area contributed by atoms with Crippen LogP contribution >= 0.6 is 0 Å². The number of carbonyl (C=O) groups excluding carboxylic acids is 1. The van der Waals surface area contributed by atoms with Crippen molar-refractivity contribution in [2.45, 2.75) is 26.3 Å². The maximum absolute atomic E-state index is 13.0. The van der Waals surface area contributed by atoms with Crippen molar-refractivity contribution < 1.29 is 19.1 Å². The van der Waals surface area contributed by atoms with Gasteiger partial charge in [-0.15, -0.1) is 0 Å². The molecule has 4 nitrogen and oxygen atoms in total. The highest BCUT2D eigenvalue weighted by Gasteiger charge is 2.18. The van der Waals surface area contributed by atoms with Crippen molar-refractivity contribution in [3.8, 4) is 0 Å². The van der Waals surface area contributed by atoms with E-state index in [0.29, 0.717) is 12.1 Å². The van der Waals surface area contributed by atoms with Gasteiger partial charge in [0.15, 0.2) is 0 Å². The molecule has 1 atom stereocenters. The third-order valence-electron chi connectivity index (χ3n) is 2.89. The van der Waals surface area contributed by atoms with Crippen LogP contribution in [0.3, 0.4) is 0 Å². The van der Waals surface area contributed by atoms with Gasteiger partial charge >= 0.3 is 5.97 Å². The number of hydrogen-bond acceptors (Lipinski definition) is 2. The zero-order valence-electron chi connectivity index (χ0n) is 11.5. The topological polar surface area (TPSA) is 57.6 Å². The number of rotatable bonds is 6. The van der Waals surface area contributed by atoms with Gasteiger partial charge in [-0.1, -0.05) is 12.1 Å². The molecule has 1 aromatic carbocycles. The molecule has 0 saturated heterocycles. The van der Waals surface area contributed by atoms with E-state index in [9.17, 15) is 14.0 Å². The highest BCUT2D eigenvalue weighted by molar-refractivity contribution is 5.92. The lowest BCUT2D eigenvalue weighted by Crippen LogP contribution is -2.38. The molecule has 0 fully saturated rings. The van der Waals surface area contributed by atoms with Crippen molar-refractivity contribution in [3.63, 3.8) is 0 Å². The first-order valence-electron chi connectivity index (χ1n) is 6.40. The minimum Gasteiger partial charge on any atom is -0.481 e. The van der Waals surface area contributed by atoms with Gasteiger partial charge in [0.1, 0.15) is 5.82 Å². The van der Waals surface area contributed by atoms with Gasteiger partial charge in [-0.25, -0.2) is 4.39 Å². The van der Waals surface area contributed by atoms with Crippen LogP contribution in [0.25, 0.3) is 6.08 Å². The first-order chi connectivity index (χ1) is 9.43. The Balaban J connectivity index is 2.74. The second-order valence-corrected chi connectivity index (χ2v) is 4.46. The predicted octanol–water partition coefficient (Wildman–Crippen LogP) is 2.55. The molecule has 108 valence electrons. The van der Waals surface area contributed by atoms with Crippen molar-refractivity contribution in [2.24, 2.45) is 0 Å². The van der Waals surface area contributed by atoms with Crippen LogP contribution < -0.4 is 0 Å². The van der Waals surface area contributed by atoms with Gasteiger partial charge in [-0.3, -0.25) is 9.59 Å². The summed E-state index contributed by atoms with van der Waals surface area (Å²) < 4.78 is 13.0. The summed E-state index contributed by atoms with van der Waals surface area (Å²) in [5, 5.41) is 8.75. The van der Waals surface area contributed by atoms with E-state index in [1.54, 1.807) is 26.0 Å². The summed E-state index contributed by atoms with van der Waals surface area (Å²) in [5.74, 6) is -1.60. The van der Waals surface area contributed by atoms with Crippen LogP contribution in [0.2, 0.25) is 0 Å². The predicted molar refractivity (Wildman–Crippen MR) is 74.5 cm³/mol. The van der Waals surface area contributed by atoms with Crippen LogP contribution in [0.1, 0.15) is 25.8 Å². The number of carboxylic acids is 1. The number of likely N-dealkylation sites (N-methyl/N-ethyl adjacent to an activating group) is 1. The Morgan fingerprint density at radius 1 is 1.45 bits per heavy atom. The molecule has 5 heteroatoms. The number of carbonyl (C=O) groups is 2. The van der Waals surface area contributed by atoms with E-state index in [4.69, 9.17) is 5.11 Å². The fourth-order valence-corrected chi connectivity index (χ4v) is 1.92. The first-order valence-corrected chi connectivity index (χ1v) is 6.40. The number of halogens is 1.